The molecule has 2 aliphatic rings. The summed E-state index contributed by atoms with van der Waals surface area (Å²) in [6.07, 6.45) is 3.37. The van der Waals surface area contributed by atoms with Gasteiger partial charge in [0.15, 0.2) is 4.80 Å². The molecule has 0 spiro atoms. The molecule has 1 atom stereocenters. The monoisotopic (exact) mass is 646 g/mol. The van der Waals surface area contributed by atoms with Gasteiger partial charge in [0, 0.05) is 5.56 Å². The molecule has 1 unspecified atom stereocenters. The zero-order valence-electron chi connectivity index (χ0n) is 25.2. The van der Waals surface area contributed by atoms with Crippen LogP contribution < -0.4 is 14.9 Å². The van der Waals surface area contributed by atoms with Gasteiger partial charge in [0.2, 0.25) is 0 Å². The normalized spacial score (nSPS) is 15.9. The van der Waals surface area contributed by atoms with Gasteiger partial charge in [-0.15, -0.1) is 10.2 Å². The third-order valence-electron chi connectivity index (χ3n) is 7.74. The third-order valence-corrected chi connectivity index (χ3v) is 8.72. The lowest BCUT2D eigenvalue weighted by Gasteiger charge is -2.24. The van der Waals surface area contributed by atoms with E-state index in [9.17, 15) is 19.2 Å². The molecular weight excluding hydrogens is 620 g/mol. The number of hydrogen-bond donors (Lipinski definition) is 0. The summed E-state index contributed by atoms with van der Waals surface area (Å²) in [4.78, 5) is 63.1. The molecule has 0 aliphatic carbocycles. The van der Waals surface area contributed by atoms with Crippen LogP contribution in [0, 0.1) is 0 Å². The zero-order valence-corrected chi connectivity index (χ0v) is 26.0. The second-order valence-electron chi connectivity index (χ2n) is 10.6. The Hall–Kier alpha value is -5.79. The molecular formula is C34H26N6O6S. The molecule has 2 aliphatic heterocycles. The smallest absolute Gasteiger partial charge is 0.338 e. The van der Waals surface area contributed by atoms with E-state index in [0.29, 0.717) is 37.5 Å². The highest BCUT2D eigenvalue weighted by atomic mass is 32.1. The molecule has 0 radical (unpaired) electrons. The van der Waals surface area contributed by atoms with Crippen molar-refractivity contribution in [2.45, 2.75) is 26.5 Å². The van der Waals surface area contributed by atoms with Crippen LogP contribution in [0.15, 0.2) is 106 Å². The van der Waals surface area contributed by atoms with Gasteiger partial charge >= 0.3 is 5.97 Å². The second kappa shape index (κ2) is 12.2. The van der Waals surface area contributed by atoms with Crippen molar-refractivity contribution < 1.29 is 24.0 Å². The van der Waals surface area contributed by atoms with E-state index in [1.165, 1.54) is 20.6 Å². The minimum absolute atomic E-state index is 0.173. The number of para-hydroxylation sites is 1. The number of benzene rings is 3. The standard InChI is InChI=1S/C34H26N6O6S/c1-3-45-33(44)28-20(2)35-34-39(29(28)21-11-5-4-6-12-21)32(43)27(47-34)17-22-13-7-10-16-26(22)38-18-23(36-37-38)19-46-40-30(41)24-14-8-9-15-25(24)31(40)42/h4-18,29H,3,19H2,1-2H3/b27-17-. The molecule has 0 fully saturated rings. The first kappa shape index (κ1) is 29.9. The highest BCUT2D eigenvalue weighted by Gasteiger charge is 2.37. The number of carbonyl (C=O) groups is 3. The first-order valence-electron chi connectivity index (χ1n) is 14.7. The fourth-order valence-electron chi connectivity index (χ4n) is 5.60. The highest BCUT2D eigenvalue weighted by Crippen LogP contribution is 2.30. The molecule has 2 aromatic heterocycles. The van der Waals surface area contributed by atoms with Gasteiger partial charge < -0.3 is 4.74 Å². The Morgan fingerprint density at radius 3 is 2.34 bits per heavy atom. The number of hydroxylamine groups is 2. The van der Waals surface area contributed by atoms with E-state index in [1.54, 1.807) is 50.4 Å². The average molecular weight is 647 g/mol. The van der Waals surface area contributed by atoms with Crippen LogP contribution >= 0.6 is 11.3 Å². The summed E-state index contributed by atoms with van der Waals surface area (Å²) < 4.78 is 8.84. The summed E-state index contributed by atoms with van der Waals surface area (Å²) in [7, 11) is 0. The predicted molar refractivity (Wildman–Crippen MR) is 170 cm³/mol. The van der Waals surface area contributed by atoms with Gasteiger partial charge in [-0.3, -0.25) is 23.8 Å². The number of fused-ring (bicyclic) bond motifs is 2. The number of amides is 2. The van der Waals surface area contributed by atoms with Gasteiger partial charge in [0.25, 0.3) is 17.4 Å². The van der Waals surface area contributed by atoms with E-state index in [-0.39, 0.29) is 29.9 Å². The summed E-state index contributed by atoms with van der Waals surface area (Å²) in [5, 5.41) is 9.12. The third kappa shape index (κ3) is 5.30. The van der Waals surface area contributed by atoms with Gasteiger partial charge in [-0.05, 0) is 43.7 Å². The van der Waals surface area contributed by atoms with Crippen molar-refractivity contribution in [2.24, 2.45) is 4.99 Å². The number of aromatic nitrogens is 4. The highest BCUT2D eigenvalue weighted by molar-refractivity contribution is 7.07. The molecule has 7 rings (SSSR count). The molecule has 4 heterocycles. The molecule has 234 valence electrons. The van der Waals surface area contributed by atoms with Crippen LogP contribution in [-0.4, -0.2) is 49.0 Å². The maximum absolute atomic E-state index is 14.0. The van der Waals surface area contributed by atoms with Crippen LogP contribution in [0.3, 0.4) is 0 Å². The van der Waals surface area contributed by atoms with Gasteiger partial charge in [0.1, 0.15) is 12.3 Å². The van der Waals surface area contributed by atoms with Crippen molar-refractivity contribution in [2.75, 3.05) is 6.61 Å². The van der Waals surface area contributed by atoms with E-state index >= 15 is 0 Å². The first-order chi connectivity index (χ1) is 22.9. The molecule has 0 bridgehead atoms. The molecule has 0 saturated heterocycles. The van der Waals surface area contributed by atoms with Crippen molar-refractivity contribution in [3.63, 3.8) is 0 Å². The van der Waals surface area contributed by atoms with Crippen molar-refractivity contribution in [1.29, 1.82) is 0 Å². The molecule has 13 heteroatoms. The summed E-state index contributed by atoms with van der Waals surface area (Å²) in [6.45, 7) is 3.50. The van der Waals surface area contributed by atoms with Gasteiger partial charge in [-0.1, -0.05) is 77.2 Å². The van der Waals surface area contributed by atoms with E-state index in [0.717, 1.165) is 10.6 Å². The number of rotatable bonds is 8. The Morgan fingerprint density at radius 2 is 1.62 bits per heavy atom. The lowest BCUT2D eigenvalue weighted by molar-refractivity contribution is -0.139. The van der Waals surface area contributed by atoms with Crippen LogP contribution in [0.5, 0.6) is 0 Å². The SMILES string of the molecule is CCOC(=O)C1=C(C)N=c2s/c(=C\c3ccccc3-n3cc(CON4C(=O)c5ccccc5C4=O)nn3)c(=O)n2C1c1ccccc1. The van der Waals surface area contributed by atoms with Crippen LogP contribution in [0.4, 0.5) is 0 Å². The van der Waals surface area contributed by atoms with Gasteiger partial charge in [-0.2, -0.15) is 0 Å². The minimum atomic E-state index is -0.705. The number of allylic oxidation sites excluding steroid dienone is 1. The van der Waals surface area contributed by atoms with Crippen molar-refractivity contribution in [3.8, 4) is 5.69 Å². The molecule has 12 nitrogen and oxygen atoms in total. The number of thiazole rings is 1. The summed E-state index contributed by atoms with van der Waals surface area (Å²) in [5.41, 5.74) is 3.50. The summed E-state index contributed by atoms with van der Waals surface area (Å²) >= 11 is 1.22. The first-order valence-corrected chi connectivity index (χ1v) is 15.5. The summed E-state index contributed by atoms with van der Waals surface area (Å²) in [6, 6.07) is 22.5. The Labute approximate surface area is 271 Å². The molecule has 3 aromatic carbocycles. The molecule has 0 N–H and O–H groups in total. The number of nitrogens with zero attached hydrogens (tertiary/aromatic N) is 6. The largest absolute Gasteiger partial charge is 0.463 e. The molecule has 5 aromatic rings. The number of esters is 1. The average Bonchev–Trinajstić information content (AvgIpc) is 3.75. The van der Waals surface area contributed by atoms with Crippen LogP contribution in [-0.2, 0) is 21.0 Å². The Kier molecular flexibility index (Phi) is 7.75. The molecule has 0 saturated carbocycles. The molecule has 2 amide bonds. The van der Waals surface area contributed by atoms with Crippen LogP contribution in [0.25, 0.3) is 11.8 Å². The van der Waals surface area contributed by atoms with Crippen LogP contribution in [0.2, 0.25) is 0 Å². The second-order valence-corrected chi connectivity index (χ2v) is 11.7. The number of carbonyl (C=O) groups excluding carboxylic acids is 3. The fourth-order valence-corrected chi connectivity index (χ4v) is 6.64. The van der Waals surface area contributed by atoms with Gasteiger partial charge in [0.05, 0.1) is 51.5 Å². The fraction of sp³-hybridized carbons (Fsp3) is 0.147. The van der Waals surface area contributed by atoms with E-state index in [1.807, 2.05) is 54.6 Å². The van der Waals surface area contributed by atoms with E-state index in [4.69, 9.17) is 9.57 Å². The number of imide groups is 1. The van der Waals surface area contributed by atoms with Gasteiger partial charge in [-0.25, -0.2) is 14.5 Å². The Balaban J connectivity index is 1.21. The quantitative estimate of drug-likeness (QED) is 0.185. The Bertz CT molecular complexity index is 2250. The zero-order chi connectivity index (χ0) is 32.7. The minimum Gasteiger partial charge on any atom is -0.463 e. The topological polar surface area (TPSA) is 138 Å². The maximum Gasteiger partial charge on any atom is 0.338 e. The lowest BCUT2D eigenvalue weighted by atomic mass is 9.96. The van der Waals surface area contributed by atoms with Crippen LogP contribution in [0.1, 0.15) is 57.4 Å². The van der Waals surface area contributed by atoms with Crippen molar-refractivity contribution in [3.05, 3.63) is 144 Å². The van der Waals surface area contributed by atoms with Crippen molar-refractivity contribution >= 4 is 35.2 Å². The summed E-state index contributed by atoms with van der Waals surface area (Å²) in [5.74, 6) is -1.59. The number of hydrogen-bond acceptors (Lipinski definition) is 10. The Morgan fingerprint density at radius 1 is 0.936 bits per heavy atom. The maximum atomic E-state index is 14.0. The van der Waals surface area contributed by atoms with E-state index < -0.39 is 23.8 Å². The molecule has 47 heavy (non-hydrogen) atoms. The lowest BCUT2D eigenvalue weighted by Crippen LogP contribution is -2.39. The van der Waals surface area contributed by atoms with Crippen molar-refractivity contribution in [1.82, 2.24) is 24.6 Å². The van der Waals surface area contributed by atoms with E-state index in [2.05, 4.69) is 15.3 Å². The number of ether oxygens (including phenoxy) is 1. The predicted octanol–water partition coefficient (Wildman–Crippen LogP) is 3.11.